The van der Waals surface area contributed by atoms with Crippen molar-refractivity contribution in [2.75, 3.05) is 0 Å². The van der Waals surface area contributed by atoms with Crippen LogP contribution in [0.5, 0.6) is 5.75 Å². The Morgan fingerprint density at radius 1 is 1.26 bits per heavy atom. The summed E-state index contributed by atoms with van der Waals surface area (Å²) < 4.78 is 21.2. The van der Waals surface area contributed by atoms with Crippen LogP contribution in [0.1, 0.15) is 18.3 Å². The third-order valence-corrected chi connectivity index (χ3v) is 5.23. The first kappa shape index (κ1) is 22.2. The number of aromatic nitrogens is 3. The molecule has 0 aliphatic rings. The third-order valence-electron chi connectivity index (χ3n) is 4.15. The fourth-order valence-corrected chi connectivity index (χ4v) is 3.41. The van der Waals surface area contributed by atoms with Crippen LogP contribution in [-0.2, 0) is 17.9 Å². The molecule has 3 aromatic rings. The summed E-state index contributed by atoms with van der Waals surface area (Å²) in [5.41, 5.74) is 2.71. The Bertz CT molecular complexity index is 1060. The first-order valence-corrected chi connectivity index (χ1v) is 10.4. The van der Waals surface area contributed by atoms with Gasteiger partial charge in [0.05, 0.1) is 11.5 Å². The van der Waals surface area contributed by atoms with E-state index in [0.717, 1.165) is 5.75 Å². The molecule has 0 aliphatic carbocycles. The van der Waals surface area contributed by atoms with Gasteiger partial charge in [-0.1, -0.05) is 54.2 Å². The number of hydrogen-bond donors (Lipinski definition) is 1. The van der Waals surface area contributed by atoms with Gasteiger partial charge in [0, 0.05) is 12.1 Å². The van der Waals surface area contributed by atoms with Gasteiger partial charge in [-0.25, -0.2) is 9.82 Å². The number of hydrogen-bond acceptors (Lipinski definition) is 6. The molecule has 7 nitrogen and oxygen atoms in total. The average Bonchev–Trinajstić information content (AvgIpc) is 3.15. The molecular formula is C22H22FN5O2S. The first-order valence-electron chi connectivity index (χ1n) is 9.53. The zero-order chi connectivity index (χ0) is 22.1. The van der Waals surface area contributed by atoms with Gasteiger partial charge in [0.1, 0.15) is 18.2 Å². The van der Waals surface area contributed by atoms with Gasteiger partial charge in [0.25, 0.3) is 5.91 Å². The summed E-state index contributed by atoms with van der Waals surface area (Å²) in [5.74, 6) is 0.597. The summed E-state index contributed by atoms with van der Waals surface area (Å²) in [6.45, 7) is 6.21. The van der Waals surface area contributed by atoms with Gasteiger partial charge in [-0.2, -0.15) is 5.10 Å². The molecule has 0 bridgehead atoms. The van der Waals surface area contributed by atoms with E-state index in [2.05, 4.69) is 27.3 Å². The van der Waals surface area contributed by atoms with Gasteiger partial charge in [0.15, 0.2) is 11.0 Å². The number of nitrogens with one attached hydrogen (secondary N) is 1. The second kappa shape index (κ2) is 11.1. The van der Waals surface area contributed by atoms with Crippen LogP contribution in [0.2, 0.25) is 0 Å². The number of carbonyl (C=O) groups is 1. The molecule has 160 valence electrons. The van der Waals surface area contributed by atoms with Gasteiger partial charge in [-0.05, 0) is 25.1 Å². The van der Waals surface area contributed by atoms with Crippen molar-refractivity contribution in [1.82, 2.24) is 20.2 Å². The van der Waals surface area contributed by atoms with Gasteiger partial charge in [-0.3, -0.25) is 9.36 Å². The van der Waals surface area contributed by atoms with Crippen LogP contribution >= 0.6 is 11.8 Å². The minimum atomic E-state index is -0.506. The van der Waals surface area contributed by atoms with Crippen LogP contribution in [-0.4, -0.2) is 32.1 Å². The summed E-state index contributed by atoms with van der Waals surface area (Å²) in [7, 11) is 0. The molecule has 0 spiro atoms. The summed E-state index contributed by atoms with van der Waals surface area (Å²) in [4.78, 5) is 12.4. The predicted molar refractivity (Wildman–Crippen MR) is 118 cm³/mol. The van der Waals surface area contributed by atoms with E-state index in [0.29, 0.717) is 17.5 Å². The zero-order valence-corrected chi connectivity index (χ0v) is 17.8. The number of hydrazone groups is 1. The van der Waals surface area contributed by atoms with Crippen LogP contribution in [0.3, 0.4) is 0 Å². The summed E-state index contributed by atoms with van der Waals surface area (Å²) >= 11 is 1.24. The highest BCUT2D eigenvalue weighted by Crippen LogP contribution is 2.23. The molecule has 3 rings (SSSR count). The third kappa shape index (κ3) is 6.26. The normalized spacial score (nSPS) is 11.9. The average molecular weight is 440 g/mol. The molecule has 0 saturated heterocycles. The standard InChI is InChI=1S/C22H22FN5O2S/c1-3-13-28-20(15-30-18-10-5-4-6-11-18)25-27-22(28)31-16(2)21(29)26-24-14-17-9-7-8-12-19(17)23/h3-12,14,16H,1,13,15H2,2H3,(H,26,29)/b24-14+. The van der Waals surface area contributed by atoms with E-state index in [1.807, 2.05) is 34.9 Å². The van der Waals surface area contributed by atoms with E-state index >= 15 is 0 Å². The summed E-state index contributed by atoms with van der Waals surface area (Å²) in [6.07, 6.45) is 2.99. The maximum Gasteiger partial charge on any atom is 0.253 e. The Morgan fingerprint density at radius 2 is 2.00 bits per heavy atom. The number of thioether (sulfide) groups is 1. The molecule has 0 aliphatic heterocycles. The number of nitrogens with zero attached hydrogens (tertiary/aromatic N) is 4. The molecule has 2 aromatic carbocycles. The highest BCUT2D eigenvalue weighted by molar-refractivity contribution is 8.00. The fourth-order valence-electron chi connectivity index (χ4n) is 2.54. The van der Waals surface area contributed by atoms with Crippen molar-refractivity contribution in [2.24, 2.45) is 5.10 Å². The molecule has 1 unspecified atom stereocenters. The fraction of sp³-hybridized carbons (Fsp3) is 0.182. The van der Waals surface area contributed by atoms with Gasteiger partial charge in [0.2, 0.25) is 0 Å². The molecule has 31 heavy (non-hydrogen) atoms. The van der Waals surface area contributed by atoms with Crippen LogP contribution < -0.4 is 10.2 Å². The lowest BCUT2D eigenvalue weighted by Crippen LogP contribution is -2.27. The van der Waals surface area contributed by atoms with Crippen LogP contribution in [0.4, 0.5) is 4.39 Å². The smallest absolute Gasteiger partial charge is 0.253 e. The number of halogens is 1. The SMILES string of the molecule is C=CCn1c(COc2ccccc2)nnc1SC(C)C(=O)N/N=C/c1ccccc1F. The van der Waals surface area contributed by atoms with Crippen LogP contribution in [0.25, 0.3) is 0 Å². The quantitative estimate of drug-likeness (QED) is 0.225. The van der Waals surface area contributed by atoms with Crippen molar-refractivity contribution >= 4 is 23.9 Å². The number of allylic oxidation sites excluding steroid dienone is 1. The molecular weight excluding hydrogens is 417 g/mol. The number of rotatable bonds is 10. The topological polar surface area (TPSA) is 81.4 Å². The maximum absolute atomic E-state index is 13.6. The van der Waals surface area contributed by atoms with Crippen molar-refractivity contribution in [3.05, 3.63) is 84.5 Å². The Labute approximate surface area is 184 Å². The molecule has 1 amide bonds. The number of para-hydroxylation sites is 1. The largest absolute Gasteiger partial charge is 0.486 e. The minimum absolute atomic E-state index is 0.235. The highest BCUT2D eigenvalue weighted by atomic mass is 32.2. The maximum atomic E-state index is 13.6. The molecule has 1 heterocycles. The molecule has 0 saturated carbocycles. The highest BCUT2D eigenvalue weighted by Gasteiger charge is 2.20. The Morgan fingerprint density at radius 3 is 2.74 bits per heavy atom. The van der Waals surface area contributed by atoms with Gasteiger partial charge >= 0.3 is 0 Å². The number of carbonyl (C=O) groups excluding carboxylic acids is 1. The summed E-state index contributed by atoms with van der Waals surface area (Å²) in [6, 6.07) is 15.6. The number of ether oxygens (including phenoxy) is 1. The molecule has 1 aromatic heterocycles. The van der Waals surface area contributed by atoms with Crippen molar-refractivity contribution < 1.29 is 13.9 Å². The lowest BCUT2D eigenvalue weighted by molar-refractivity contribution is -0.120. The predicted octanol–water partition coefficient (Wildman–Crippen LogP) is 3.81. The van der Waals surface area contributed by atoms with E-state index in [1.54, 1.807) is 31.2 Å². The van der Waals surface area contributed by atoms with E-state index < -0.39 is 11.1 Å². The number of amides is 1. The Hall–Kier alpha value is -3.46. The monoisotopic (exact) mass is 439 g/mol. The molecule has 1 atom stereocenters. The molecule has 0 fully saturated rings. The van der Waals surface area contributed by atoms with Crippen LogP contribution in [0, 0.1) is 5.82 Å². The van der Waals surface area contributed by atoms with E-state index in [4.69, 9.17) is 4.74 Å². The molecule has 1 N–H and O–H groups in total. The second-order valence-corrected chi connectivity index (χ2v) is 7.72. The molecule has 0 radical (unpaired) electrons. The second-order valence-electron chi connectivity index (χ2n) is 6.42. The van der Waals surface area contributed by atoms with Crippen molar-refractivity contribution in [1.29, 1.82) is 0 Å². The first-order chi connectivity index (χ1) is 15.1. The summed E-state index contributed by atoms with van der Waals surface area (Å²) in [5, 5.41) is 12.3. The molecule has 9 heteroatoms. The zero-order valence-electron chi connectivity index (χ0n) is 16.9. The Kier molecular flexibility index (Phi) is 7.94. The lowest BCUT2D eigenvalue weighted by Gasteiger charge is -2.11. The van der Waals surface area contributed by atoms with Crippen molar-refractivity contribution in [3.63, 3.8) is 0 Å². The Balaban J connectivity index is 1.61. The van der Waals surface area contributed by atoms with Gasteiger partial charge < -0.3 is 4.74 Å². The van der Waals surface area contributed by atoms with E-state index in [1.165, 1.54) is 24.0 Å². The van der Waals surface area contributed by atoms with Crippen molar-refractivity contribution in [3.8, 4) is 5.75 Å². The van der Waals surface area contributed by atoms with Gasteiger partial charge in [-0.15, -0.1) is 16.8 Å². The number of benzene rings is 2. The minimum Gasteiger partial charge on any atom is -0.486 e. The lowest BCUT2D eigenvalue weighted by atomic mass is 10.2. The van der Waals surface area contributed by atoms with E-state index in [-0.39, 0.29) is 18.1 Å². The van der Waals surface area contributed by atoms with Crippen molar-refractivity contribution in [2.45, 2.75) is 30.5 Å². The van der Waals surface area contributed by atoms with E-state index in [9.17, 15) is 9.18 Å². The van der Waals surface area contributed by atoms with Crippen LogP contribution in [0.15, 0.2) is 77.5 Å².